The Hall–Kier alpha value is -1.66. The molecule has 0 radical (unpaired) electrons. The average Bonchev–Trinajstić information content (AvgIpc) is 2.82. The number of ether oxygens (including phenoxy) is 1. The lowest BCUT2D eigenvalue weighted by atomic mass is 10.3. The third-order valence-corrected chi connectivity index (χ3v) is 3.89. The summed E-state index contributed by atoms with van der Waals surface area (Å²) in [4.78, 5) is 12.6. The molecule has 104 valence electrons. The summed E-state index contributed by atoms with van der Waals surface area (Å²) in [6, 6.07) is 9.32. The summed E-state index contributed by atoms with van der Waals surface area (Å²) in [7, 11) is 0. The zero-order valence-corrected chi connectivity index (χ0v) is 13.2. The number of hydrogen-bond acceptors (Lipinski definition) is 4. The van der Waals surface area contributed by atoms with Gasteiger partial charge in [0, 0.05) is 9.35 Å². The third-order valence-electron chi connectivity index (χ3n) is 2.44. The van der Waals surface area contributed by atoms with Gasteiger partial charge < -0.3 is 4.74 Å². The largest absolute Gasteiger partial charge is 0.484 e. The Morgan fingerprint density at radius 3 is 3.05 bits per heavy atom. The lowest BCUT2D eigenvalue weighted by Gasteiger charge is -2.04. The molecule has 0 aliphatic carbocycles. The highest BCUT2D eigenvalue weighted by Gasteiger charge is 2.02. The number of nitrogens with one attached hydrogen (secondary N) is 1. The van der Waals surface area contributed by atoms with Gasteiger partial charge in [0.25, 0.3) is 5.91 Å². The van der Waals surface area contributed by atoms with Gasteiger partial charge in [0.2, 0.25) is 0 Å². The second-order valence-corrected chi connectivity index (χ2v) is 5.87. The molecule has 20 heavy (non-hydrogen) atoms. The van der Waals surface area contributed by atoms with Crippen molar-refractivity contribution in [2.45, 2.75) is 6.92 Å². The molecule has 0 bridgehead atoms. The highest BCUT2D eigenvalue weighted by Crippen LogP contribution is 2.17. The molecule has 1 N–H and O–H groups in total. The first-order valence-corrected chi connectivity index (χ1v) is 7.57. The maximum Gasteiger partial charge on any atom is 0.277 e. The minimum atomic E-state index is -0.296. The first-order chi connectivity index (χ1) is 9.65. The zero-order valence-electron chi connectivity index (χ0n) is 10.8. The van der Waals surface area contributed by atoms with Crippen LogP contribution in [0.25, 0.3) is 0 Å². The third kappa shape index (κ3) is 4.47. The summed E-state index contributed by atoms with van der Waals surface area (Å²) >= 11 is 4.91. The summed E-state index contributed by atoms with van der Waals surface area (Å²) in [6.07, 6.45) is 1.64. The van der Waals surface area contributed by atoms with E-state index >= 15 is 0 Å². The topological polar surface area (TPSA) is 50.7 Å². The van der Waals surface area contributed by atoms with Crippen LogP contribution < -0.4 is 10.2 Å². The number of rotatable bonds is 5. The fourth-order valence-electron chi connectivity index (χ4n) is 1.42. The Balaban J connectivity index is 1.79. The number of benzene rings is 1. The van der Waals surface area contributed by atoms with E-state index < -0.39 is 0 Å². The van der Waals surface area contributed by atoms with Gasteiger partial charge in [-0.25, -0.2) is 5.43 Å². The van der Waals surface area contributed by atoms with Crippen LogP contribution in [0.3, 0.4) is 0 Å². The van der Waals surface area contributed by atoms with Crippen LogP contribution in [0.5, 0.6) is 5.75 Å². The van der Waals surface area contributed by atoms with Crippen LogP contribution in [0.4, 0.5) is 0 Å². The minimum Gasteiger partial charge on any atom is -0.484 e. The number of aryl methyl sites for hydroxylation is 1. The van der Waals surface area contributed by atoms with Gasteiger partial charge in [-0.3, -0.25) is 4.79 Å². The number of halogens is 1. The van der Waals surface area contributed by atoms with E-state index in [-0.39, 0.29) is 12.5 Å². The van der Waals surface area contributed by atoms with Crippen LogP contribution in [0.15, 0.2) is 45.3 Å². The molecular formula is C14H13BrN2O2S. The molecule has 6 heteroatoms. The molecule has 0 saturated carbocycles. The van der Waals surface area contributed by atoms with Gasteiger partial charge >= 0.3 is 0 Å². The molecule has 2 rings (SSSR count). The van der Waals surface area contributed by atoms with Gasteiger partial charge in [0.1, 0.15) is 5.75 Å². The number of nitrogens with zero attached hydrogens (tertiary/aromatic N) is 1. The quantitative estimate of drug-likeness (QED) is 0.662. The Bertz CT molecular complexity index is 625. The van der Waals surface area contributed by atoms with Crippen LogP contribution in [-0.2, 0) is 4.79 Å². The summed E-state index contributed by atoms with van der Waals surface area (Å²) in [6.45, 7) is 1.92. The summed E-state index contributed by atoms with van der Waals surface area (Å²) < 4.78 is 6.25. The van der Waals surface area contributed by atoms with Crippen molar-refractivity contribution in [2.24, 2.45) is 5.10 Å². The second kappa shape index (κ2) is 7.21. The van der Waals surface area contributed by atoms with Crippen molar-refractivity contribution in [2.75, 3.05) is 6.61 Å². The van der Waals surface area contributed by atoms with Gasteiger partial charge in [-0.05, 0) is 42.1 Å². The van der Waals surface area contributed by atoms with Crippen molar-refractivity contribution >= 4 is 39.4 Å². The Kier molecular flexibility index (Phi) is 5.31. The molecule has 4 nitrogen and oxygen atoms in total. The van der Waals surface area contributed by atoms with E-state index in [1.807, 2.05) is 30.5 Å². The molecule has 0 aliphatic heterocycles. The molecule has 0 saturated heterocycles. The van der Waals surface area contributed by atoms with Crippen LogP contribution in [-0.4, -0.2) is 18.7 Å². The number of thiophene rings is 1. The van der Waals surface area contributed by atoms with Crippen LogP contribution in [0.2, 0.25) is 0 Å². The van der Waals surface area contributed by atoms with E-state index in [1.165, 1.54) is 0 Å². The molecule has 0 spiro atoms. The first kappa shape index (κ1) is 14.7. The van der Waals surface area contributed by atoms with Gasteiger partial charge in [0.15, 0.2) is 6.61 Å². The number of amides is 1. The fourth-order valence-corrected chi connectivity index (χ4v) is 2.58. The maximum atomic E-state index is 11.6. The highest BCUT2D eigenvalue weighted by atomic mass is 79.9. The van der Waals surface area contributed by atoms with E-state index in [2.05, 4.69) is 26.5 Å². The van der Waals surface area contributed by atoms with Crippen molar-refractivity contribution in [1.82, 2.24) is 5.43 Å². The number of carbonyl (C=O) groups is 1. The van der Waals surface area contributed by atoms with Gasteiger partial charge in [-0.1, -0.05) is 22.0 Å². The standard InChI is InChI=1S/C14H13BrN2O2S/c1-10-5-6-20-13(10)8-16-17-14(18)9-19-12-4-2-3-11(15)7-12/h2-8H,9H2,1H3,(H,17,18). The number of carbonyl (C=O) groups excluding carboxylic acids is 1. The molecule has 1 aromatic carbocycles. The maximum absolute atomic E-state index is 11.6. The lowest BCUT2D eigenvalue weighted by molar-refractivity contribution is -0.123. The van der Waals surface area contributed by atoms with Crippen molar-refractivity contribution in [1.29, 1.82) is 0 Å². The van der Waals surface area contributed by atoms with Crippen molar-refractivity contribution in [3.05, 3.63) is 50.6 Å². The summed E-state index contributed by atoms with van der Waals surface area (Å²) in [5.74, 6) is 0.336. The highest BCUT2D eigenvalue weighted by molar-refractivity contribution is 9.10. The van der Waals surface area contributed by atoms with Crippen LogP contribution >= 0.6 is 27.3 Å². The molecule has 0 unspecified atom stereocenters. The molecule has 1 heterocycles. The second-order valence-electron chi connectivity index (χ2n) is 4.01. The predicted octanol–water partition coefficient (Wildman–Crippen LogP) is 3.35. The van der Waals surface area contributed by atoms with Gasteiger partial charge in [0.05, 0.1) is 6.21 Å². The molecule has 1 aromatic heterocycles. The average molecular weight is 353 g/mol. The Morgan fingerprint density at radius 2 is 2.35 bits per heavy atom. The summed E-state index contributed by atoms with van der Waals surface area (Å²) in [5.41, 5.74) is 3.57. The SMILES string of the molecule is Cc1ccsc1C=NNC(=O)COc1cccc(Br)c1. The number of hydrogen-bond donors (Lipinski definition) is 1. The van der Waals surface area contributed by atoms with Gasteiger partial charge in [-0.2, -0.15) is 5.10 Å². The first-order valence-electron chi connectivity index (χ1n) is 5.89. The zero-order chi connectivity index (χ0) is 14.4. The monoisotopic (exact) mass is 352 g/mol. The summed E-state index contributed by atoms with van der Waals surface area (Å²) in [5, 5.41) is 5.88. The van der Waals surface area contributed by atoms with E-state index in [9.17, 15) is 4.79 Å². The fraction of sp³-hybridized carbons (Fsp3) is 0.143. The molecule has 2 aromatic rings. The van der Waals surface area contributed by atoms with E-state index in [0.717, 1.165) is 14.9 Å². The van der Waals surface area contributed by atoms with Crippen molar-refractivity contribution in [3.63, 3.8) is 0 Å². The predicted molar refractivity (Wildman–Crippen MR) is 84.4 cm³/mol. The molecule has 0 aliphatic rings. The Morgan fingerprint density at radius 1 is 1.50 bits per heavy atom. The molecular weight excluding hydrogens is 340 g/mol. The van der Waals surface area contributed by atoms with Crippen molar-refractivity contribution < 1.29 is 9.53 Å². The van der Waals surface area contributed by atoms with E-state index in [0.29, 0.717) is 5.75 Å². The van der Waals surface area contributed by atoms with Crippen molar-refractivity contribution in [3.8, 4) is 5.75 Å². The molecule has 0 atom stereocenters. The normalized spacial score (nSPS) is 10.7. The number of hydrazone groups is 1. The smallest absolute Gasteiger partial charge is 0.277 e. The van der Waals surface area contributed by atoms with Crippen LogP contribution in [0, 0.1) is 6.92 Å². The molecule has 1 amide bonds. The lowest BCUT2D eigenvalue weighted by Crippen LogP contribution is -2.24. The van der Waals surface area contributed by atoms with E-state index in [1.54, 1.807) is 29.7 Å². The minimum absolute atomic E-state index is 0.0722. The van der Waals surface area contributed by atoms with Gasteiger partial charge in [-0.15, -0.1) is 11.3 Å². The van der Waals surface area contributed by atoms with Crippen LogP contribution in [0.1, 0.15) is 10.4 Å². The molecule has 0 fully saturated rings. The van der Waals surface area contributed by atoms with E-state index in [4.69, 9.17) is 4.74 Å². The Labute approximate surface area is 129 Å².